The number of hydrogen-bond acceptors (Lipinski definition) is 4. The second-order valence-electron chi connectivity index (χ2n) is 6.29. The highest BCUT2D eigenvalue weighted by Crippen LogP contribution is 2.28. The van der Waals surface area contributed by atoms with Crippen LogP contribution in [0.4, 0.5) is 0 Å². The lowest BCUT2D eigenvalue weighted by atomic mass is 9.84. The third-order valence-electron chi connectivity index (χ3n) is 4.50. The summed E-state index contributed by atoms with van der Waals surface area (Å²) < 4.78 is 5.79. The maximum Gasteiger partial charge on any atom is 0.224 e. The van der Waals surface area contributed by atoms with Crippen molar-refractivity contribution >= 4 is 11.8 Å². The van der Waals surface area contributed by atoms with Crippen molar-refractivity contribution in [2.75, 3.05) is 20.7 Å². The molecule has 0 aromatic carbocycles. The molecule has 120 valence electrons. The van der Waals surface area contributed by atoms with Crippen LogP contribution in [0.15, 0.2) is 0 Å². The number of amides is 2. The number of ether oxygens (including phenoxy) is 1. The zero-order valence-electron chi connectivity index (χ0n) is 12.9. The lowest BCUT2D eigenvalue weighted by molar-refractivity contribution is -0.142. The number of aliphatic hydroxyl groups excluding tert-OH is 1. The van der Waals surface area contributed by atoms with Gasteiger partial charge in [0.05, 0.1) is 25.2 Å². The van der Waals surface area contributed by atoms with Gasteiger partial charge in [-0.3, -0.25) is 9.59 Å². The molecule has 2 N–H and O–H groups in total. The van der Waals surface area contributed by atoms with Gasteiger partial charge < -0.3 is 20.1 Å². The van der Waals surface area contributed by atoms with Crippen molar-refractivity contribution in [3.05, 3.63) is 0 Å². The molecule has 1 saturated heterocycles. The third kappa shape index (κ3) is 4.17. The van der Waals surface area contributed by atoms with Crippen LogP contribution in [0.2, 0.25) is 0 Å². The fourth-order valence-electron chi connectivity index (χ4n) is 2.80. The Morgan fingerprint density at radius 2 is 1.95 bits per heavy atom. The average Bonchev–Trinajstić information content (AvgIpc) is 2.38. The van der Waals surface area contributed by atoms with Gasteiger partial charge in [-0.1, -0.05) is 6.42 Å². The zero-order valence-corrected chi connectivity index (χ0v) is 12.9. The second-order valence-corrected chi connectivity index (χ2v) is 6.29. The lowest BCUT2D eigenvalue weighted by Crippen LogP contribution is -2.53. The summed E-state index contributed by atoms with van der Waals surface area (Å²) in [7, 11) is 3.44. The fourth-order valence-corrected chi connectivity index (χ4v) is 2.80. The maximum absolute atomic E-state index is 12.0. The summed E-state index contributed by atoms with van der Waals surface area (Å²) >= 11 is 0. The van der Waals surface area contributed by atoms with Crippen molar-refractivity contribution in [2.45, 2.75) is 56.8 Å². The predicted molar refractivity (Wildman–Crippen MR) is 77.6 cm³/mol. The molecule has 21 heavy (non-hydrogen) atoms. The zero-order chi connectivity index (χ0) is 15.4. The SMILES string of the molecule is CN(C)C(=O)C[C@@H]1CC[C@H](NC(=O)C2CCC2)[C@@H](CO)O1. The minimum atomic E-state index is -0.414. The van der Waals surface area contributed by atoms with E-state index in [1.54, 1.807) is 19.0 Å². The molecule has 0 spiro atoms. The molecule has 2 rings (SSSR count). The molecule has 0 unspecified atom stereocenters. The quantitative estimate of drug-likeness (QED) is 0.764. The summed E-state index contributed by atoms with van der Waals surface area (Å²) in [5.41, 5.74) is 0. The van der Waals surface area contributed by atoms with E-state index in [2.05, 4.69) is 5.32 Å². The number of aliphatic hydroxyl groups is 1. The second kappa shape index (κ2) is 7.22. The van der Waals surface area contributed by atoms with E-state index < -0.39 is 6.10 Å². The number of nitrogens with one attached hydrogen (secondary N) is 1. The fraction of sp³-hybridized carbons (Fsp3) is 0.867. The van der Waals surface area contributed by atoms with Crippen LogP contribution in [0.1, 0.15) is 38.5 Å². The molecule has 2 aliphatic rings. The van der Waals surface area contributed by atoms with Gasteiger partial charge >= 0.3 is 0 Å². The van der Waals surface area contributed by atoms with Crippen molar-refractivity contribution in [2.24, 2.45) is 5.92 Å². The Labute approximate surface area is 125 Å². The minimum Gasteiger partial charge on any atom is -0.394 e. The monoisotopic (exact) mass is 298 g/mol. The normalized spacial score (nSPS) is 29.6. The van der Waals surface area contributed by atoms with E-state index >= 15 is 0 Å². The van der Waals surface area contributed by atoms with Crippen molar-refractivity contribution in [1.82, 2.24) is 10.2 Å². The van der Waals surface area contributed by atoms with Crippen LogP contribution in [-0.4, -0.2) is 60.8 Å². The molecule has 6 heteroatoms. The minimum absolute atomic E-state index is 0.0219. The van der Waals surface area contributed by atoms with Gasteiger partial charge in [0.2, 0.25) is 11.8 Å². The van der Waals surface area contributed by atoms with Crippen molar-refractivity contribution in [3.8, 4) is 0 Å². The third-order valence-corrected chi connectivity index (χ3v) is 4.50. The van der Waals surface area contributed by atoms with Crippen LogP contribution < -0.4 is 5.32 Å². The summed E-state index contributed by atoms with van der Waals surface area (Å²) in [5, 5.41) is 12.5. The summed E-state index contributed by atoms with van der Waals surface area (Å²) in [6, 6.07) is -0.145. The van der Waals surface area contributed by atoms with Crippen LogP contribution in [0.25, 0.3) is 0 Å². The molecule has 1 aliphatic heterocycles. The Morgan fingerprint density at radius 1 is 1.24 bits per heavy atom. The van der Waals surface area contributed by atoms with E-state index in [1.165, 1.54) is 0 Å². The van der Waals surface area contributed by atoms with Gasteiger partial charge in [-0.05, 0) is 25.7 Å². The number of carbonyl (C=O) groups excluding carboxylic acids is 2. The molecule has 6 nitrogen and oxygen atoms in total. The number of rotatable bonds is 5. The molecule has 1 aliphatic carbocycles. The predicted octanol–water partition coefficient (Wildman–Crippen LogP) is 0.290. The Hall–Kier alpha value is -1.14. The molecule has 0 aromatic heterocycles. The van der Waals surface area contributed by atoms with E-state index in [0.29, 0.717) is 6.42 Å². The molecule has 0 aromatic rings. The molecular weight excluding hydrogens is 272 g/mol. The summed E-state index contributed by atoms with van der Waals surface area (Å²) in [6.07, 6.45) is 4.26. The molecule has 1 saturated carbocycles. The largest absolute Gasteiger partial charge is 0.394 e. The topological polar surface area (TPSA) is 78.9 Å². The van der Waals surface area contributed by atoms with Crippen molar-refractivity contribution in [1.29, 1.82) is 0 Å². The van der Waals surface area contributed by atoms with Crippen molar-refractivity contribution < 1.29 is 19.4 Å². The van der Waals surface area contributed by atoms with Gasteiger partial charge in [0.1, 0.15) is 6.10 Å². The standard InChI is InChI=1S/C15H26N2O4/c1-17(2)14(19)8-11-6-7-12(13(9-18)21-11)16-15(20)10-4-3-5-10/h10-13,18H,3-9H2,1-2H3,(H,16,20)/t11-,12-,13+/m0/s1. The highest BCUT2D eigenvalue weighted by Gasteiger charge is 2.35. The van der Waals surface area contributed by atoms with Gasteiger partial charge in [-0.25, -0.2) is 0 Å². The Bertz CT molecular complexity index is 382. The first kappa shape index (κ1) is 16.2. The van der Waals surface area contributed by atoms with Gasteiger partial charge in [0.25, 0.3) is 0 Å². The molecular formula is C15H26N2O4. The molecule has 2 amide bonds. The molecule has 3 atom stereocenters. The van der Waals surface area contributed by atoms with Crippen LogP contribution in [0.3, 0.4) is 0 Å². The van der Waals surface area contributed by atoms with Crippen LogP contribution >= 0.6 is 0 Å². The summed E-state index contributed by atoms with van der Waals surface area (Å²) in [4.78, 5) is 25.3. The van der Waals surface area contributed by atoms with Crippen LogP contribution in [0, 0.1) is 5.92 Å². The average molecular weight is 298 g/mol. The van der Waals surface area contributed by atoms with Gasteiger partial charge in [-0.2, -0.15) is 0 Å². The van der Waals surface area contributed by atoms with Gasteiger partial charge in [-0.15, -0.1) is 0 Å². The van der Waals surface area contributed by atoms with E-state index in [1.807, 2.05) is 0 Å². The molecule has 0 radical (unpaired) electrons. The maximum atomic E-state index is 12.0. The Balaban J connectivity index is 1.83. The highest BCUT2D eigenvalue weighted by molar-refractivity contribution is 5.79. The first-order valence-electron chi connectivity index (χ1n) is 7.78. The smallest absolute Gasteiger partial charge is 0.224 e. The molecule has 0 bridgehead atoms. The van der Waals surface area contributed by atoms with E-state index in [0.717, 1.165) is 32.1 Å². The first-order chi connectivity index (χ1) is 10.0. The van der Waals surface area contributed by atoms with Crippen LogP contribution in [-0.2, 0) is 14.3 Å². The summed E-state index contributed by atoms with van der Waals surface area (Å²) in [6.45, 7) is -0.137. The van der Waals surface area contributed by atoms with Gasteiger partial charge in [0, 0.05) is 20.0 Å². The van der Waals surface area contributed by atoms with Gasteiger partial charge in [0.15, 0.2) is 0 Å². The Morgan fingerprint density at radius 3 is 2.48 bits per heavy atom. The molecule has 1 heterocycles. The van der Waals surface area contributed by atoms with Crippen LogP contribution in [0.5, 0.6) is 0 Å². The molecule has 2 fully saturated rings. The highest BCUT2D eigenvalue weighted by atomic mass is 16.5. The van der Waals surface area contributed by atoms with E-state index in [9.17, 15) is 14.7 Å². The van der Waals surface area contributed by atoms with E-state index in [-0.39, 0.29) is 36.5 Å². The van der Waals surface area contributed by atoms with E-state index in [4.69, 9.17) is 4.74 Å². The summed E-state index contributed by atoms with van der Waals surface area (Å²) in [5.74, 6) is 0.238. The lowest BCUT2D eigenvalue weighted by Gasteiger charge is -2.37. The number of carbonyl (C=O) groups is 2. The van der Waals surface area contributed by atoms with Crippen molar-refractivity contribution in [3.63, 3.8) is 0 Å². The first-order valence-corrected chi connectivity index (χ1v) is 7.78. The number of hydrogen-bond donors (Lipinski definition) is 2. The number of nitrogens with zero attached hydrogens (tertiary/aromatic N) is 1. The Kier molecular flexibility index (Phi) is 5.58.